The highest BCUT2D eigenvalue weighted by molar-refractivity contribution is 5.95. The smallest absolute Gasteiger partial charge is 0.394 e. The van der Waals surface area contributed by atoms with Crippen molar-refractivity contribution in [3.8, 4) is 0 Å². The van der Waals surface area contributed by atoms with Gasteiger partial charge in [-0.25, -0.2) is 0 Å². The number of benzene rings is 1. The number of carbonyl (C=O) groups excluding carboxylic acids is 1. The number of aliphatic hydroxyl groups is 1. The number of hydrogen-bond acceptors (Lipinski definition) is 4. The highest BCUT2D eigenvalue weighted by atomic mass is 19.4. The van der Waals surface area contributed by atoms with E-state index in [0.29, 0.717) is 25.0 Å². The van der Waals surface area contributed by atoms with Crippen LogP contribution in [-0.2, 0) is 6.18 Å². The molecule has 1 aromatic rings. The van der Waals surface area contributed by atoms with E-state index in [1.54, 1.807) is 0 Å². The predicted molar refractivity (Wildman–Crippen MR) is 73.8 cm³/mol. The summed E-state index contributed by atoms with van der Waals surface area (Å²) in [5.41, 5.74) is -3.40. The van der Waals surface area contributed by atoms with E-state index in [0.717, 1.165) is 18.9 Å². The Morgan fingerprint density at radius 3 is 2.39 bits per heavy atom. The molecule has 0 heterocycles. The highest BCUT2D eigenvalue weighted by Crippen LogP contribution is 2.33. The minimum absolute atomic E-state index is 0.334. The molecule has 0 saturated heterocycles. The van der Waals surface area contributed by atoms with Crippen LogP contribution in [0.3, 0.4) is 0 Å². The van der Waals surface area contributed by atoms with Crippen molar-refractivity contribution in [2.75, 3.05) is 6.61 Å². The van der Waals surface area contributed by atoms with Crippen LogP contribution in [0.4, 0.5) is 18.9 Å². The lowest BCUT2D eigenvalue weighted by Gasteiger charge is -2.28. The van der Waals surface area contributed by atoms with Crippen LogP contribution in [0, 0.1) is 10.1 Å². The predicted octanol–water partition coefficient (Wildman–Crippen LogP) is 2.65. The van der Waals surface area contributed by atoms with Gasteiger partial charge in [0.05, 0.1) is 22.6 Å². The van der Waals surface area contributed by atoms with Crippen LogP contribution < -0.4 is 5.32 Å². The molecule has 1 aromatic carbocycles. The lowest BCUT2D eigenvalue weighted by Crippen LogP contribution is -2.49. The number of carbonyl (C=O) groups is 1. The van der Waals surface area contributed by atoms with E-state index in [2.05, 4.69) is 5.32 Å². The summed E-state index contributed by atoms with van der Waals surface area (Å²) in [4.78, 5) is 22.0. The molecule has 0 bridgehead atoms. The van der Waals surface area contributed by atoms with E-state index in [1.807, 2.05) is 0 Å². The number of nitro benzene ring substituents is 1. The summed E-state index contributed by atoms with van der Waals surface area (Å²) < 4.78 is 38.5. The van der Waals surface area contributed by atoms with Gasteiger partial charge in [-0.05, 0) is 18.9 Å². The van der Waals surface area contributed by atoms with Gasteiger partial charge in [-0.1, -0.05) is 12.8 Å². The lowest BCUT2D eigenvalue weighted by molar-refractivity contribution is -0.385. The molecule has 2 rings (SSSR count). The Hall–Kier alpha value is -2.16. The number of halogens is 3. The Balaban J connectivity index is 2.35. The molecule has 1 saturated carbocycles. The van der Waals surface area contributed by atoms with Gasteiger partial charge < -0.3 is 10.4 Å². The zero-order valence-electron chi connectivity index (χ0n) is 12.0. The summed E-state index contributed by atoms with van der Waals surface area (Å²) >= 11 is 0. The summed E-state index contributed by atoms with van der Waals surface area (Å²) in [5, 5.41) is 22.7. The molecule has 0 aliphatic heterocycles. The lowest BCUT2D eigenvalue weighted by atomic mass is 9.98. The molecule has 23 heavy (non-hydrogen) atoms. The molecule has 2 N–H and O–H groups in total. The van der Waals surface area contributed by atoms with Gasteiger partial charge in [-0.15, -0.1) is 0 Å². The number of nitrogens with one attached hydrogen (secondary N) is 1. The van der Waals surface area contributed by atoms with Crippen LogP contribution in [0.1, 0.15) is 41.6 Å². The average Bonchev–Trinajstić information content (AvgIpc) is 2.95. The zero-order chi connectivity index (χ0) is 17.3. The molecule has 6 nitrogen and oxygen atoms in total. The Labute approximate surface area is 129 Å². The molecule has 1 aliphatic carbocycles. The Morgan fingerprint density at radius 2 is 1.91 bits per heavy atom. The fourth-order valence-electron chi connectivity index (χ4n) is 2.70. The van der Waals surface area contributed by atoms with E-state index in [-0.39, 0.29) is 6.61 Å². The topological polar surface area (TPSA) is 92.5 Å². The zero-order valence-corrected chi connectivity index (χ0v) is 12.0. The fourth-order valence-corrected chi connectivity index (χ4v) is 2.70. The van der Waals surface area contributed by atoms with Crippen LogP contribution in [0.15, 0.2) is 18.2 Å². The van der Waals surface area contributed by atoms with Gasteiger partial charge in [0.1, 0.15) is 0 Å². The van der Waals surface area contributed by atoms with Crippen molar-refractivity contribution in [1.82, 2.24) is 5.32 Å². The third-order valence-electron chi connectivity index (χ3n) is 3.96. The molecule has 0 aromatic heterocycles. The molecule has 9 heteroatoms. The second kappa shape index (κ2) is 6.15. The van der Waals surface area contributed by atoms with Gasteiger partial charge in [-0.3, -0.25) is 14.9 Å². The SMILES string of the molecule is O=C(NC1(CO)CCCC1)c1cc([N+](=O)[O-])cc(C(F)(F)F)c1. The van der Waals surface area contributed by atoms with Crippen molar-refractivity contribution in [3.05, 3.63) is 39.4 Å². The van der Waals surface area contributed by atoms with Crippen LogP contribution >= 0.6 is 0 Å². The first-order valence-corrected chi connectivity index (χ1v) is 6.97. The second-order valence-corrected chi connectivity index (χ2v) is 5.62. The number of rotatable bonds is 4. The maximum Gasteiger partial charge on any atom is 0.416 e. The normalized spacial score (nSPS) is 17.0. The van der Waals surface area contributed by atoms with Crippen molar-refractivity contribution in [1.29, 1.82) is 0 Å². The van der Waals surface area contributed by atoms with Crippen molar-refractivity contribution in [3.63, 3.8) is 0 Å². The Bertz CT molecular complexity index is 625. The summed E-state index contributed by atoms with van der Waals surface area (Å²) in [7, 11) is 0. The summed E-state index contributed by atoms with van der Waals surface area (Å²) in [6.07, 6.45) is -2.22. The monoisotopic (exact) mass is 332 g/mol. The number of nitrogens with zero attached hydrogens (tertiary/aromatic N) is 1. The molecular weight excluding hydrogens is 317 g/mol. The minimum Gasteiger partial charge on any atom is -0.394 e. The molecular formula is C14H15F3N2O4. The number of alkyl halides is 3. The van der Waals surface area contributed by atoms with Gasteiger partial charge in [0.15, 0.2) is 0 Å². The van der Waals surface area contributed by atoms with Crippen LogP contribution in [-0.4, -0.2) is 28.1 Å². The largest absolute Gasteiger partial charge is 0.416 e. The number of nitro groups is 1. The molecule has 126 valence electrons. The van der Waals surface area contributed by atoms with E-state index in [4.69, 9.17) is 0 Å². The molecule has 0 spiro atoms. The Kier molecular flexibility index (Phi) is 4.60. The summed E-state index contributed by atoms with van der Waals surface area (Å²) in [6.45, 7) is -0.334. The standard InChI is InChI=1S/C14H15F3N2O4/c15-14(16,17)10-5-9(6-11(7-10)19(22)23)12(21)18-13(8-20)3-1-2-4-13/h5-7,20H,1-4,8H2,(H,18,21). The number of amides is 1. The molecule has 1 amide bonds. The van der Waals surface area contributed by atoms with Crippen molar-refractivity contribution >= 4 is 11.6 Å². The number of aliphatic hydroxyl groups excluding tert-OH is 1. The van der Waals surface area contributed by atoms with Crippen molar-refractivity contribution < 1.29 is 28.0 Å². The van der Waals surface area contributed by atoms with Crippen molar-refractivity contribution in [2.45, 2.75) is 37.4 Å². The quantitative estimate of drug-likeness (QED) is 0.655. The molecule has 1 aliphatic rings. The molecule has 0 unspecified atom stereocenters. The van der Waals surface area contributed by atoms with E-state index >= 15 is 0 Å². The van der Waals surface area contributed by atoms with Gasteiger partial charge in [0, 0.05) is 17.7 Å². The number of non-ortho nitro benzene ring substituents is 1. The summed E-state index contributed by atoms with van der Waals surface area (Å²) in [6, 6.07) is 1.75. The van der Waals surface area contributed by atoms with E-state index < -0.39 is 39.4 Å². The van der Waals surface area contributed by atoms with Crippen molar-refractivity contribution in [2.24, 2.45) is 0 Å². The van der Waals surface area contributed by atoms with Gasteiger partial charge in [0.2, 0.25) is 0 Å². The van der Waals surface area contributed by atoms with Crippen LogP contribution in [0.2, 0.25) is 0 Å². The molecule has 1 fully saturated rings. The molecule has 0 radical (unpaired) electrons. The van der Waals surface area contributed by atoms with E-state index in [9.17, 15) is 33.2 Å². The van der Waals surface area contributed by atoms with Crippen LogP contribution in [0.5, 0.6) is 0 Å². The minimum atomic E-state index is -4.80. The van der Waals surface area contributed by atoms with Gasteiger partial charge in [0.25, 0.3) is 11.6 Å². The number of hydrogen-bond donors (Lipinski definition) is 2. The summed E-state index contributed by atoms with van der Waals surface area (Å²) in [5.74, 6) is -0.866. The second-order valence-electron chi connectivity index (χ2n) is 5.62. The maximum atomic E-state index is 12.8. The highest BCUT2D eigenvalue weighted by Gasteiger charge is 2.37. The first-order chi connectivity index (χ1) is 10.7. The van der Waals surface area contributed by atoms with Crippen LogP contribution in [0.25, 0.3) is 0 Å². The first-order valence-electron chi connectivity index (χ1n) is 6.97. The maximum absolute atomic E-state index is 12.8. The van der Waals surface area contributed by atoms with Gasteiger partial charge >= 0.3 is 6.18 Å². The van der Waals surface area contributed by atoms with E-state index in [1.165, 1.54) is 0 Å². The molecule has 0 atom stereocenters. The Morgan fingerprint density at radius 1 is 1.30 bits per heavy atom. The first kappa shape index (κ1) is 17.2. The third kappa shape index (κ3) is 3.79. The fraction of sp³-hybridized carbons (Fsp3) is 0.500. The average molecular weight is 332 g/mol. The third-order valence-corrected chi connectivity index (χ3v) is 3.96. The van der Waals surface area contributed by atoms with Gasteiger partial charge in [-0.2, -0.15) is 13.2 Å².